The molecular weight excluding hydrogens is 254 g/mol. The van der Waals surface area contributed by atoms with Gasteiger partial charge >= 0.3 is 0 Å². The smallest absolute Gasteiger partial charge is 0.126 e. The van der Waals surface area contributed by atoms with Crippen LogP contribution < -0.4 is 10.1 Å². The number of rotatable bonds is 9. The molecule has 1 aromatic carbocycles. The Labute approximate surface area is 122 Å². The van der Waals surface area contributed by atoms with Gasteiger partial charge in [0.1, 0.15) is 5.75 Å². The van der Waals surface area contributed by atoms with E-state index in [2.05, 4.69) is 51.2 Å². The van der Waals surface area contributed by atoms with Crippen LogP contribution in [0.4, 0.5) is 0 Å². The summed E-state index contributed by atoms with van der Waals surface area (Å²) in [5.41, 5.74) is 2.49. The number of para-hydroxylation sites is 1. The zero-order valence-corrected chi connectivity index (χ0v) is 13.5. The standard InChI is InChI=1S/C16H27NOS/c1-5-19-10-9-18-16-14(4)7-6-8-15(16)12-17-11-13(2)3/h6-8,13,17H,5,9-12H2,1-4H3. The highest BCUT2D eigenvalue weighted by Crippen LogP contribution is 2.23. The van der Waals surface area contributed by atoms with Crippen LogP contribution in [-0.4, -0.2) is 24.7 Å². The van der Waals surface area contributed by atoms with Gasteiger partial charge in [-0.05, 0) is 30.7 Å². The molecule has 3 heteroatoms. The zero-order chi connectivity index (χ0) is 14.1. The second kappa shape index (κ2) is 9.27. The normalized spacial score (nSPS) is 11.0. The number of benzene rings is 1. The van der Waals surface area contributed by atoms with Gasteiger partial charge in [-0.25, -0.2) is 0 Å². The topological polar surface area (TPSA) is 21.3 Å². The molecule has 0 aromatic heterocycles. The minimum atomic E-state index is 0.676. The average Bonchev–Trinajstić information content (AvgIpc) is 2.36. The summed E-state index contributed by atoms with van der Waals surface area (Å²) in [5, 5.41) is 3.49. The SMILES string of the molecule is CCSCCOc1c(C)cccc1CNCC(C)C. The van der Waals surface area contributed by atoms with Crippen LogP contribution >= 0.6 is 11.8 Å². The van der Waals surface area contributed by atoms with Crippen LogP contribution in [0.25, 0.3) is 0 Å². The third-order valence-corrected chi connectivity index (χ3v) is 3.70. The average molecular weight is 281 g/mol. The summed E-state index contributed by atoms with van der Waals surface area (Å²) in [6.07, 6.45) is 0. The fourth-order valence-corrected chi connectivity index (χ4v) is 2.39. The quantitative estimate of drug-likeness (QED) is 0.694. The van der Waals surface area contributed by atoms with Gasteiger partial charge in [-0.2, -0.15) is 11.8 Å². The molecule has 1 N–H and O–H groups in total. The number of hydrogen-bond acceptors (Lipinski definition) is 3. The maximum absolute atomic E-state index is 5.97. The molecule has 0 heterocycles. The first-order valence-electron chi connectivity index (χ1n) is 7.14. The van der Waals surface area contributed by atoms with Crippen molar-refractivity contribution in [3.05, 3.63) is 29.3 Å². The zero-order valence-electron chi connectivity index (χ0n) is 12.7. The molecule has 0 aliphatic heterocycles. The first-order valence-corrected chi connectivity index (χ1v) is 8.30. The number of nitrogens with one attached hydrogen (secondary N) is 1. The van der Waals surface area contributed by atoms with Gasteiger partial charge < -0.3 is 10.1 Å². The Hall–Kier alpha value is -0.670. The summed E-state index contributed by atoms with van der Waals surface area (Å²) in [6.45, 7) is 11.5. The van der Waals surface area contributed by atoms with Crippen molar-refractivity contribution in [3.63, 3.8) is 0 Å². The van der Waals surface area contributed by atoms with Crippen LogP contribution in [0.2, 0.25) is 0 Å². The number of ether oxygens (including phenoxy) is 1. The van der Waals surface area contributed by atoms with Crippen LogP contribution in [0, 0.1) is 12.8 Å². The highest BCUT2D eigenvalue weighted by Gasteiger charge is 2.07. The van der Waals surface area contributed by atoms with Crippen molar-refractivity contribution in [3.8, 4) is 5.75 Å². The van der Waals surface area contributed by atoms with E-state index >= 15 is 0 Å². The molecule has 0 atom stereocenters. The predicted octanol–water partition coefficient (Wildman–Crippen LogP) is 3.87. The summed E-state index contributed by atoms with van der Waals surface area (Å²) in [7, 11) is 0. The molecule has 19 heavy (non-hydrogen) atoms. The fourth-order valence-electron chi connectivity index (χ4n) is 1.90. The maximum Gasteiger partial charge on any atom is 0.126 e. The third-order valence-electron chi connectivity index (χ3n) is 2.84. The van der Waals surface area contributed by atoms with Gasteiger partial charge in [0.15, 0.2) is 0 Å². The van der Waals surface area contributed by atoms with E-state index in [0.29, 0.717) is 5.92 Å². The molecule has 0 saturated heterocycles. The summed E-state index contributed by atoms with van der Waals surface area (Å²) in [4.78, 5) is 0. The summed E-state index contributed by atoms with van der Waals surface area (Å²) in [5.74, 6) is 3.95. The number of aryl methyl sites for hydroxylation is 1. The molecule has 0 bridgehead atoms. The van der Waals surface area contributed by atoms with E-state index in [0.717, 1.165) is 37.0 Å². The minimum absolute atomic E-state index is 0.676. The van der Waals surface area contributed by atoms with Gasteiger partial charge in [-0.15, -0.1) is 0 Å². The third kappa shape index (κ3) is 6.35. The van der Waals surface area contributed by atoms with Crippen molar-refractivity contribution in [2.45, 2.75) is 34.2 Å². The van der Waals surface area contributed by atoms with Crippen LogP contribution in [-0.2, 0) is 6.54 Å². The van der Waals surface area contributed by atoms with Crippen molar-refractivity contribution >= 4 is 11.8 Å². The van der Waals surface area contributed by atoms with Crippen molar-refractivity contribution in [1.29, 1.82) is 0 Å². The molecule has 0 unspecified atom stereocenters. The number of hydrogen-bond donors (Lipinski definition) is 1. The molecule has 108 valence electrons. The lowest BCUT2D eigenvalue weighted by molar-refractivity contribution is 0.336. The van der Waals surface area contributed by atoms with E-state index in [1.807, 2.05) is 11.8 Å². The monoisotopic (exact) mass is 281 g/mol. The van der Waals surface area contributed by atoms with Gasteiger partial charge in [-0.1, -0.05) is 39.0 Å². The largest absolute Gasteiger partial charge is 0.492 e. The minimum Gasteiger partial charge on any atom is -0.492 e. The molecule has 0 saturated carbocycles. The molecule has 0 spiro atoms. The van der Waals surface area contributed by atoms with E-state index in [1.165, 1.54) is 11.1 Å². The Morgan fingerprint density at radius 2 is 2.11 bits per heavy atom. The van der Waals surface area contributed by atoms with E-state index < -0.39 is 0 Å². The molecule has 2 nitrogen and oxygen atoms in total. The second-order valence-corrected chi connectivity index (χ2v) is 6.53. The van der Waals surface area contributed by atoms with Crippen molar-refractivity contribution in [2.75, 3.05) is 24.7 Å². The van der Waals surface area contributed by atoms with Crippen molar-refractivity contribution < 1.29 is 4.74 Å². The molecular formula is C16H27NOS. The Morgan fingerprint density at radius 3 is 2.79 bits per heavy atom. The van der Waals surface area contributed by atoms with Crippen molar-refractivity contribution in [2.24, 2.45) is 5.92 Å². The molecule has 1 rings (SSSR count). The Morgan fingerprint density at radius 1 is 1.32 bits per heavy atom. The lowest BCUT2D eigenvalue weighted by Crippen LogP contribution is -2.19. The highest BCUT2D eigenvalue weighted by atomic mass is 32.2. The maximum atomic E-state index is 5.97. The first-order chi connectivity index (χ1) is 9.15. The Kier molecular flexibility index (Phi) is 7.99. The molecule has 0 fully saturated rings. The second-order valence-electron chi connectivity index (χ2n) is 5.13. The van der Waals surface area contributed by atoms with E-state index in [-0.39, 0.29) is 0 Å². The van der Waals surface area contributed by atoms with Crippen LogP contribution in [0.1, 0.15) is 31.9 Å². The molecule has 0 aliphatic carbocycles. The van der Waals surface area contributed by atoms with Crippen LogP contribution in [0.3, 0.4) is 0 Å². The van der Waals surface area contributed by atoms with Gasteiger partial charge in [0.25, 0.3) is 0 Å². The lowest BCUT2D eigenvalue weighted by atomic mass is 10.1. The van der Waals surface area contributed by atoms with E-state index in [4.69, 9.17) is 4.74 Å². The van der Waals surface area contributed by atoms with E-state index in [1.54, 1.807) is 0 Å². The van der Waals surface area contributed by atoms with E-state index in [9.17, 15) is 0 Å². The van der Waals surface area contributed by atoms with Gasteiger partial charge in [-0.3, -0.25) is 0 Å². The summed E-state index contributed by atoms with van der Waals surface area (Å²) >= 11 is 1.92. The van der Waals surface area contributed by atoms with Crippen LogP contribution in [0.5, 0.6) is 5.75 Å². The van der Waals surface area contributed by atoms with Gasteiger partial charge in [0, 0.05) is 17.9 Å². The predicted molar refractivity (Wildman–Crippen MR) is 86.2 cm³/mol. The summed E-state index contributed by atoms with van der Waals surface area (Å²) < 4.78 is 5.97. The molecule has 0 radical (unpaired) electrons. The first kappa shape index (κ1) is 16.4. The van der Waals surface area contributed by atoms with Crippen LogP contribution in [0.15, 0.2) is 18.2 Å². The lowest BCUT2D eigenvalue weighted by Gasteiger charge is -2.15. The van der Waals surface area contributed by atoms with Gasteiger partial charge in [0.2, 0.25) is 0 Å². The Balaban J connectivity index is 2.56. The molecule has 0 aliphatic rings. The van der Waals surface area contributed by atoms with Gasteiger partial charge in [0.05, 0.1) is 6.61 Å². The fraction of sp³-hybridized carbons (Fsp3) is 0.625. The molecule has 0 amide bonds. The number of thioether (sulfide) groups is 1. The Bertz CT molecular complexity index is 366. The van der Waals surface area contributed by atoms with Crippen molar-refractivity contribution in [1.82, 2.24) is 5.32 Å². The summed E-state index contributed by atoms with van der Waals surface area (Å²) in [6, 6.07) is 6.38. The molecule has 1 aromatic rings. The highest BCUT2D eigenvalue weighted by molar-refractivity contribution is 7.99.